The Morgan fingerprint density at radius 3 is 3.05 bits per heavy atom. The highest BCUT2D eigenvalue weighted by Gasteiger charge is 2.05. The van der Waals surface area contributed by atoms with Crippen molar-refractivity contribution in [1.29, 1.82) is 0 Å². The number of halogens is 2. The topological polar surface area (TPSA) is 50.7 Å². The molecular formula is C13H10BrClN2O2S. The normalized spacial score (nSPS) is 10.7. The van der Waals surface area contributed by atoms with E-state index in [9.17, 15) is 4.79 Å². The lowest BCUT2D eigenvalue weighted by Crippen LogP contribution is -2.24. The molecule has 1 aromatic heterocycles. The third kappa shape index (κ3) is 4.63. The van der Waals surface area contributed by atoms with Gasteiger partial charge in [0.05, 0.1) is 10.7 Å². The maximum Gasteiger partial charge on any atom is 0.277 e. The molecule has 1 amide bonds. The van der Waals surface area contributed by atoms with Crippen LogP contribution in [0.5, 0.6) is 5.75 Å². The molecular weight excluding hydrogens is 364 g/mol. The van der Waals surface area contributed by atoms with Gasteiger partial charge >= 0.3 is 0 Å². The molecule has 0 unspecified atom stereocenters. The number of thiophene rings is 1. The Labute approximate surface area is 133 Å². The molecule has 0 aliphatic rings. The van der Waals surface area contributed by atoms with Gasteiger partial charge in [-0.2, -0.15) is 5.10 Å². The molecule has 7 heteroatoms. The van der Waals surface area contributed by atoms with Crippen LogP contribution in [-0.4, -0.2) is 18.7 Å². The predicted molar refractivity (Wildman–Crippen MR) is 84.7 cm³/mol. The van der Waals surface area contributed by atoms with Gasteiger partial charge in [-0.1, -0.05) is 17.7 Å². The fourth-order valence-electron chi connectivity index (χ4n) is 1.30. The van der Waals surface area contributed by atoms with E-state index in [1.54, 1.807) is 24.4 Å². The number of hydrogen-bond donors (Lipinski definition) is 1. The van der Waals surface area contributed by atoms with E-state index in [-0.39, 0.29) is 12.5 Å². The van der Waals surface area contributed by atoms with Gasteiger partial charge in [0.1, 0.15) is 5.75 Å². The molecule has 2 aromatic rings. The summed E-state index contributed by atoms with van der Waals surface area (Å²) < 4.78 is 6.05. The largest absolute Gasteiger partial charge is 0.483 e. The minimum Gasteiger partial charge on any atom is -0.483 e. The molecule has 0 fully saturated rings. The fourth-order valence-corrected chi connectivity index (χ4v) is 2.68. The molecule has 0 bridgehead atoms. The molecule has 0 saturated heterocycles. The fraction of sp³-hybridized carbons (Fsp3) is 0.0769. The molecule has 104 valence electrons. The first-order valence-electron chi connectivity index (χ1n) is 5.58. The van der Waals surface area contributed by atoms with Crippen molar-refractivity contribution in [2.24, 2.45) is 5.10 Å². The molecule has 1 N–H and O–H groups in total. The summed E-state index contributed by atoms with van der Waals surface area (Å²) in [5.41, 5.74) is 2.39. The summed E-state index contributed by atoms with van der Waals surface area (Å²) in [6.07, 6.45) is 1.58. The van der Waals surface area contributed by atoms with Crippen molar-refractivity contribution in [1.82, 2.24) is 5.43 Å². The van der Waals surface area contributed by atoms with Gasteiger partial charge in [-0.25, -0.2) is 5.43 Å². The van der Waals surface area contributed by atoms with Crippen molar-refractivity contribution in [2.75, 3.05) is 6.61 Å². The van der Waals surface area contributed by atoms with Crippen LogP contribution in [-0.2, 0) is 4.79 Å². The number of nitrogens with zero attached hydrogens (tertiary/aromatic N) is 1. The van der Waals surface area contributed by atoms with Gasteiger partial charge in [0.15, 0.2) is 6.61 Å². The van der Waals surface area contributed by atoms with E-state index >= 15 is 0 Å². The van der Waals surface area contributed by atoms with Crippen molar-refractivity contribution < 1.29 is 9.53 Å². The van der Waals surface area contributed by atoms with Gasteiger partial charge in [-0.15, -0.1) is 11.3 Å². The van der Waals surface area contributed by atoms with Gasteiger partial charge in [0, 0.05) is 9.90 Å². The van der Waals surface area contributed by atoms with E-state index in [1.807, 2.05) is 17.5 Å². The zero-order valence-corrected chi connectivity index (χ0v) is 13.3. The highest BCUT2D eigenvalue weighted by atomic mass is 79.9. The smallest absolute Gasteiger partial charge is 0.277 e. The molecule has 0 radical (unpaired) electrons. The molecule has 1 aromatic carbocycles. The lowest BCUT2D eigenvalue weighted by molar-refractivity contribution is -0.123. The number of benzene rings is 1. The minimum absolute atomic E-state index is 0.123. The Morgan fingerprint density at radius 2 is 2.35 bits per heavy atom. The number of carbonyl (C=O) groups excluding carboxylic acids is 1. The van der Waals surface area contributed by atoms with E-state index in [0.29, 0.717) is 15.2 Å². The second kappa shape index (κ2) is 7.42. The Hall–Kier alpha value is -1.37. The summed E-state index contributed by atoms with van der Waals surface area (Å²) in [6, 6.07) is 8.89. The summed E-state index contributed by atoms with van der Waals surface area (Å²) in [5.74, 6) is 0.214. The van der Waals surface area contributed by atoms with E-state index in [4.69, 9.17) is 16.3 Å². The van der Waals surface area contributed by atoms with Crippen LogP contribution in [0.3, 0.4) is 0 Å². The second-order valence-corrected chi connectivity index (χ2v) is 5.94. The van der Waals surface area contributed by atoms with Crippen LogP contribution < -0.4 is 10.2 Å². The third-order valence-corrected chi connectivity index (χ3v) is 3.84. The van der Waals surface area contributed by atoms with E-state index in [2.05, 4.69) is 26.5 Å². The summed E-state index contributed by atoms with van der Waals surface area (Å²) in [4.78, 5) is 12.5. The van der Waals surface area contributed by atoms with E-state index in [1.165, 1.54) is 11.3 Å². The Kier molecular flexibility index (Phi) is 5.58. The van der Waals surface area contributed by atoms with Crippen LogP contribution in [0.4, 0.5) is 0 Å². The molecule has 0 saturated carbocycles. The zero-order valence-electron chi connectivity index (χ0n) is 10.2. The zero-order chi connectivity index (χ0) is 14.4. The van der Waals surface area contributed by atoms with Gasteiger partial charge in [-0.3, -0.25) is 4.79 Å². The van der Waals surface area contributed by atoms with Gasteiger partial charge in [0.25, 0.3) is 5.91 Å². The first kappa shape index (κ1) is 15.0. The van der Waals surface area contributed by atoms with Crippen LogP contribution in [0.25, 0.3) is 0 Å². The first-order chi connectivity index (χ1) is 9.65. The van der Waals surface area contributed by atoms with Crippen LogP contribution in [0, 0.1) is 0 Å². The van der Waals surface area contributed by atoms with Crippen molar-refractivity contribution in [3.63, 3.8) is 0 Å². The van der Waals surface area contributed by atoms with Gasteiger partial charge in [0.2, 0.25) is 0 Å². The standard InChI is InChI=1S/C13H10BrClN2O2S/c14-11-6-9(15)3-4-12(11)19-8-13(18)17-16-7-10-2-1-5-20-10/h1-7H,8H2,(H,17,18)/b16-7-. The Bertz CT molecular complexity index is 617. The molecule has 20 heavy (non-hydrogen) atoms. The van der Waals surface area contributed by atoms with Crippen molar-refractivity contribution >= 4 is 51.0 Å². The molecule has 0 aliphatic carbocycles. The van der Waals surface area contributed by atoms with Crippen molar-refractivity contribution in [3.8, 4) is 5.75 Å². The first-order valence-corrected chi connectivity index (χ1v) is 7.63. The number of rotatable bonds is 5. The van der Waals surface area contributed by atoms with Gasteiger partial charge < -0.3 is 4.74 Å². The summed E-state index contributed by atoms with van der Waals surface area (Å²) in [7, 11) is 0. The number of nitrogens with one attached hydrogen (secondary N) is 1. The molecule has 0 spiro atoms. The summed E-state index contributed by atoms with van der Waals surface area (Å²) in [5, 5.41) is 6.36. The third-order valence-electron chi connectivity index (χ3n) is 2.18. The number of carbonyl (C=O) groups is 1. The van der Waals surface area contributed by atoms with E-state index in [0.717, 1.165) is 4.88 Å². The number of amides is 1. The summed E-state index contributed by atoms with van der Waals surface area (Å²) in [6.45, 7) is -0.123. The van der Waals surface area contributed by atoms with E-state index < -0.39 is 0 Å². The SMILES string of the molecule is O=C(COc1ccc(Cl)cc1Br)N/N=C\c1cccs1. The van der Waals surface area contributed by atoms with Crippen LogP contribution in [0.1, 0.15) is 4.88 Å². The quantitative estimate of drug-likeness (QED) is 0.642. The molecule has 1 heterocycles. The monoisotopic (exact) mass is 372 g/mol. The van der Waals surface area contributed by atoms with Crippen LogP contribution in [0.15, 0.2) is 45.3 Å². The lowest BCUT2D eigenvalue weighted by atomic mass is 10.3. The highest BCUT2D eigenvalue weighted by Crippen LogP contribution is 2.27. The predicted octanol–water partition coefficient (Wildman–Crippen LogP) is 3.69. The maximum atomic E-state index is 11.5. The molecule has 2 rings (SSSR count). The molecule has 0 aliphatic heterocycles. The van der Waals surface area contributed by atoms with Crippen molar-refractivity contribution in [2.45, 2.75) is 0 Å². The molecule has 0 atom stereocenters. The van der Waals surface area contributed by atoms with Crippen LogP contribution >= 0.6 is 38.9 Å². The van der Waals surface area contributed by atoms with Crippen molar-refractivity contribution in [3.05, 3.63) is 50.1 Å². The average Bonchev–Trinajstić information content (AvgIpc) is 2.91. The second-order valence-electron chi connectivity index (χ2n) is 3.67. The molecule has 4 nitrogen and oxygen atoms in total. The number of hydrazone groups is 1. The Morgan fingerprint density at radius 1 is 1.50 bits per heavy atom. The lowest BCUT2D eigenvalue weighted by Gasteiger charge is -2.07. The Balaban J connectivity index is 1.80. The average molecular weight is 374 g/mol. The minimum atomic E-state index is -0.334. The van der Waals surface area contributed by atoms with Crippen LogP contribution in [0.2, 0.25) is 5.02 Å². The number of ether oxygens (including phenoxy) is 1. The van der Waals surface area contributed by atoms with Gasteiger partial charge in [-0.05, 0) is 45.6 Å². The maximum absolute atomic E-state index is 11.5. The summed E-state index contributed by atoms with van der Waals surface area (Å²) >= 11 is 10.7. The number of hydrogen-bond acceptors (Lipinski definition) is 4. The highest BCUT2D eigenvalue weighted by molar-refractivity contribution is 9.10.